The van der Waals surface area contributed by atoms with Gasteiger partial charge in [-0.25, -0.2) is 8.42 Å². The summed E-state index contributed by atoms with van der Waals surface area (Å²) < 4.78 is 38.1. The van der Waals surface area contributed by atoms with Crippen molar-refractivity contribution in [3.05, 3.63) is 54.1 Å². The van der Waals surface area contributed by atoms with Crippen LogP contribution in [0.1, 0.15) is 25.3 Å². The lowest BCUT2D eigenvalue weighted by atomic mass is 10.1. The maximum absolute atomic E-state index is 12.8. The van der Waals surface area contributed by atoms with Gasteiger partial charge in [0.25, 0.3) is 5.91 Å². The number of hydrogen-bond acceptors (Lipinski definition) is 5. The monoisotopic (exact) mass is 432 g/mol. The molecule has 3 rings (SSSR count). The molecular formula is C22H28N2O5S. The summed E-state index contributed by atoms with van der Waals surface area (Å²) in [6.45, 7) is 4.94. The van der Waals surface area contributed by atoms with Crippen LogP contribution in [0.3, 0.4) is 0 Å². The van der Waals surface area contributed by atoms with Gasteiger partial charge in [0, 0.05) is 19.1 Å². The standard InChI is InChI=1S/C22H28N2O5S/c1-3-28-20-6-4-5-7-21(20)29-16-22(25)23-18-12-14-24(15-13-18)30(26,27)19-10-8-17(2)9-11-19/h4-11,18H,3,12-16H2,1-2H3,(H,23,25). The number of hydrogen-bond donors (Lipinski definition) is 1. The summed E-state index contributed by atoms with van der Waals surface area (Å²) >= 11 is 0. The normalized spacial score (nSPS) is 15.5. The van der Waals surface area contributed by atoms with Crippen LogP contribution in [0.4, 0.5) is 0 Å². The first-order chi connectivity index (χ1) is 14.4. The molecule has 2 aromatic rings. The summed E-state index contributed by atoms with van der Waals surface area (Å²) in [5, 5.41) is 2.93. The number of nitrogens with one attached hydrogen (secondary N) is 1. The zero-order valence-corrected chi connectivity index (χ0v) is 18.2. The average molecular weight is 433 g/mol. The van der Waals surface area contributed by atoms with Crippen LogP contribution in [0.5, 0.6) is 11.5 Å². The van der Waals surface area contributed by atoms with Gasteiger partial charge in [0.1, 0.15) is 0 Å². The first kappa shape index (κ1) is 22.1. The van der Waals surface area contributed by atoms with Crippen molar-refractivity contribution < 1.29 is 22.7 Å². The fraction of sp³-hybridized carbons (Fsp3) is 0.409. The average Bonchev–Trinajstić information content (AvgIpc) is 2.74. The Morgan fingerprint density at radius 1 is 1.03 bits per heavy atom. The van der Waals surface area contributed by atoms with E-state index < -0.39 is 10.0 Å². The molecule has 1 N–H and O–H groups in total. The van der Waals surface area contributed by atoms with Gasteiger partial charge >= 0.3 is 0 Å². The first-order valence-corrected chi connectivity index (χ1v) is 11.5. The molecular weight excluding hydrogens is 404 g/mol. The molecule has 0 bridgehead atoms. The second-order valence-electron chi connectivity index (χ2n) is 7.23. The number of nitrogens with zero attached hydrogens (tertiary/aromatic N) is 1. The van der Waals surface area contributed by atoms with Gasteiger partial charge in [0.05, 0.1) is 11.5 Å². The van der Waals surface area contributed by atoms with E-state index in [2.05, 4.69) is 5.32 Å². The summed E-state index contributed by atoms with van der Waals surface area (Å²) in [5.41, 5.74) is 1.02. The number of aryl methyl sites for hydroxylation is 1. The van der Waals surface area contributed by atoms with Crippen LogP contribution in [0.15, 0.2) is 53.4 Å². The van der Waals surface area contributed by atoms with E-state index in [4.69, 9.17) is 9.47 Å². The molecule has 0 aliphatic carbocycles. The summed E-state index contributed by atoms with van der Waals surface area (Å²) in [7, 11) is -3.51. The van der Waals surface area contributed by atoms with Crippen molar-refractivity contribution in [1.82, 2.24) is 9.62 Å². The van der Waals surface area contributed by atoms with E-state index in [1.54, 1.807) is 36.4 Å². The van der Waals surface area contributed by atoms with Crippen molar-refractivity contribution in [3.63, 3.8) is 0 Å². The second kappa shape index (κ2) is 9.95. The minimum absolute atomic E-state index is 0.0762. The van der Waals surface area contributed by atoms with Crippen LogP contribution in [-0.4, -0.2) is 51.0 Å². The van der Waals surface area contributed by atoms with Gasteiger partial charge in [0.2, 0.25) is 10.0 Å². The Hall–Kier alpha value is -2.58. The lowest BCUT2D eigenvalue weighted by Gasteiger charge is -2.31. The second-order valence-corrected chi connectivity index (χ2v) is 9.17. The highest BCUT2D eigenvalue weighted by atomic mass is 32.2. The number of sulfonamides is 1. The summed E-state index contributed by atoms with van der Waals surface area (Å²) in [6, 6.07) is 14.0. The molecule has 8 heteroatoms. The highest BCUT2D eigenvalue weighted by Crippen LogP contribution is 2.26. The Balaban J connectivity index is 1.49. The van der Waals surface area contributed by atoms with E-state index in [1.165, 1.54) is 4.31 Å². The molecule has 1 fully saturated rings. The lowest BCUT2D eigenvalue weighted by Crippen LogP contribution is -2.47. The molecule has 0 radical (unpaired) electrons. The van der Waals surface area contributed by atoms with E-state index in [0.29, 0.717) is 48.9 Å². The minimum Gasteiger partial charge on any atom is -0.490 e. The summed E-state index contributed by atoms with van der Waals surface area (Å²) in [4.78, 5) is 12.6. The van der Waals surface area contributed by atoms with Gasteiger partial charge in [-0.05, 0) is 51.0 Å². The molecule has 7 nitrogen and oxygen atoms in total. The van der Waals surface area contributed by atoms with Crippen LogP contribution >= 0.6 is 0 Å². The van der Waals surface area contributed by atoms with Crippen LogP contribution in [0.25, 0.3) is 0 Å². The predicted molar refractivity (Wildman–Crippen MR) is 114 cm³/mol. The summed E-state index contributed by atoms with van der Waals surface area (Å²) in [6.07, 6.45) is 1.12. The zero-order chi connectivity index (χ0) is 21.6. The number of ether oxygens (including phenoxy) is 2. The van der Waals surface area contributed by atoms with Crippen LogP contribution < -0.4 is 14.8 Å². The third kappa shape index (κ3) is 5.52. The van der Waals surface area contributed by atoms with Crippen molar-refractivity contribution in [2.75, 3.05) is 26.3 Å². The molecule has 0 saturated carbocycles. The number of carbonyl (C=O) groups excluding carboxylic acids is 1. The molecule has 162 valence electrons. The molecule has 1 saturated heterocycles. The van der Waals surface area contributed by atoms with Crippen molar-refractivity contribution in [3.8, 4) is 11.5 Å². The van der Waals surface area contributed by atoms with Crippen molar-refractivity contribution >= 4 is 15.9 Å². The quantitative estimate of drug-likeness (QED) is 0.693. The molecule has 1 aliphatic rings. The van der Waals surface area contributed by atoms with Crippen LogP contribution in [-0.2, 0) is 14.8 Å². The van der Waals surface area contributed by atoms with Crippen molar-refractivity contribution in [1.29, 1.82) is 0 Å². The van der Waals surface area contributed by atoms with Gasteiger partial charge in [-0.15, -0.1) is 0 Å². The van der Waals surface area contributed by atoms with E-state index in [0.717, 1.165) is 5.56 Å². The van der Waals surface area contributed by atoms with Crippen LogP contribution in [0, 0.1) is 6.92 Å². The SMILES string of the molecule is CCOc1ccccc1OCC(=O)NC1CCN(S(=O)(=O)c2ccc(C)cc2)CC1. The first-order valence-electron chi connectivity index (χ1n) is 10.1. The Morgan fingerprint density at radius 3 is 2.23 bits per heavy atom. The molecule has 0 unspecified atom stereocenters. The smallest absolute Gasteiger partial charge is 0.258 e. The van der Waals surface area contributed by atoms with Crippen LogP contribution in [0.2, 0.25) is 0 Å². The molecule has 2 aromatic carbocycles. The molecule has 0 atom stereocenters. The molecule has 30 heavy (non-hydrogen) atoms. The lowest BCUT2D eigenvalue weighted by molar-refractivity contribution is -0.124. The van der Waals surface area contributed by atoms with E-state index in [1.807, 2.05) is 26.0 Å². The maximum atomic E-state index is 12.8. The molecule has 0 aromatic heterocycles. The van der Waals surface area contributed by atoms with Gasteiger partial charge in [-0.2, -0.15) is 4.31 Å². The number of benzene rings is 2. The number of amides is 1. The number of para-hydroxylation sites is 2. The molecule has 1 amide bonds. The fourth-order valence-corrected chi connectivity index (χ4v) is 4.83. The highest BCUT2D eigenvalue weighted by molar-refractivity contribution is 7.89. The Labute approximate surface area is 178 Å². The summed E-state index contributed by atoms with van der Waals surface area (Å²) in [5.74, 6) is 0.886. The largest absolute Gasteiger partial charge is 0.490 e. The van der Waals surface area contributed by atoms with Gasteiger partial charge in [-0.3, -0.25) is 4.79 Å². The van der Waals surface area contributed by atoms with E-state index in [-0.39, 0.29) is 18.6 Å². The third-order valence-corrected chi connectivity index (χ3v) is 6.90. The Morgan fingerprint density at radius 2 is 1.63 bits per heavy atom. The Bertz CT molecular complexity index is 952. The van der Waals surface area contributed by atoms with Crippen molar-refractivity contribution in [2.45, 2.75) is 37.6 Å². The topological polar surface area (TPSA) is 84.9 Å². The zero-order valence-electron chi connectivity index (χ0n) is 17.3. The predicted octanol–water partition coefficient (Wildman–Crippen LogP) is 2.74. The Kier molecular flexibility index (Phi) is 7.33. The number of piperidine rings is 1. The van der Waals surface area contributed by atoms with E-state index in [9.17, 15) is 13.2 Å². The highest BCUT2D eigenvalue weighted by Gasteiger charge is 2.29. The van der Waals surface area contributed by atoms with E-state index >= 15 is 0 Å². The van der Waals surface area contributed by atoms with Gasteiger partial charge < -0.3 is 14.8 Å². The van der Waals surface area contributed by atoms with Gasteiger partial charge in [-0.1, -0.05) is 29.8 Å². The number of carbonyl (C=O) groups is 1. The number of rotatable bonds is 8. The van der Waals surface area contributed by atoms with Crippen molar-refractivity contribution in [2.24, 2.45) is 0 Å². The molecule has 1 heterocycles. The molecule has 0 spiro atoms. The maximum Gasteiger partial charge on any atom is 0.258 e. The van der Waals surface area contributed by atoms with Gasteiger partial charge in [0.15, 0.2) is 18.1 Å². The third-order valence-electron chi connectivity index (χ3n) is 4.99. The minimum atomic E-state index is -3.51. The molecule has 1 aliphatic heterocycles. The fourth-order valence-electron chi connectivity index (χ4n) is 3.36.